The molecule has 2 aliphatic heterocycles. The van der Waals surface area contributed by atoms with Crippen molar-refractivity contribution >= 4 is 29.2 Å². The molecule has 218 valence electrons. The largest absolute Gasteiger partial charge is 0.446 e. The van der Waals surface area contributed by atoms with Crippen LogP contribution in [0.3, 0.4) is 0 Å². The van der Waals surface area contributed by atoms with Crippen molar-refractivity contribution in [3.8, 4) is 0 Å². The lowest BCUT2D eigenvalue weighted by molar-refractivity contribution is 0.0479. The minimum absolute atomic E-state index is 0.0447. The van der Waals surface area contributed by atoms with Crippen molar-refractivity contribution in [1.82, 2.24) is 20.0 Å². The van der Waals surface area contributed by atoms with Crippen molar-refractivity contribution in [3.05, 3.63) is 71.2 Å². The smallest absolute Gasteiger partial charge is 0.407 e. The average molecular weight is 563 g/mol. The van der Waals surface area contributed by atoms with Gasteiger partial charge in [-0.1, -0.05) is 39.0 Å². The highest BCUT2D eigenvalue weighted by atomic mass is 19.1. The van der Waals surface area contributed by atoms with E-state index in [9.17, 15) is 9.59 Å². The van der Waals surface area contributed by atoms with E-state index in [1.165, 1.54) is 12.1 Å². The van der Waals surface area contributed by atoms with Crippen molar-refractivity contribution in [2.75, 3.05) is 29.9 Å². The van der Waals surface area contributed by atoms with Crippen molar-refractivity contribution in [1.29, 1.82) is 0 Å². The number of carbonyl (C=O) groups excluding carboxylic acids is 2. The van der Waals surface area contributed by atoms with Gasteiger partial charge in [-0.25, -0.2) is 9.18 Å². The van der Waals surface area contributed by atoms with Crippen molar-refractivity contribution in [3.63, 3.8) is 0 Å². The van der Waals surface area contributed by atoms with Crippen LogP contribution in [0.5, 0.6) is 0 Å². The van der Waals surface area contributed by atoms with Crippen molar-refractivity contribution in [2.24, 2.45) is 12.5 Å². The maximum atomic E-state index is 15.3. The summed E-state index contributed by atoms with van der Waals surface area (Å²) in [6, 6.07) is 11.8. The summed E-state index contributed by atoms with van der Waals surface area (Å²) in [6.45, 7) is 9.96. The number of halogens is 1. The minimum Gasteiger partial charge on any atom is -0.446 e. The van der Waals surface area contributed by atoms with Gasteiger partial charge >= 0.3 is 6.09 Å². The third-order valence-corrected chi connectivity index (χ3v) is 7.72. The number of hydrogen-bond donors (Lipinski definition) is 2. The summed E-state index contributed by atoms with van der Waals surface area (Å²) in [5, 5.41) is 10.4. The number of fused-ring (bicyclic) bond motifs is 2. The van der Waals surface area contributed by atoms with E-state index in [1.54, 1.807) is 21.8 Å². The Morgan fingerprint density at radius 1 is 1.15 bits per heavy atom. The summed E-state index contributed by atoms with van der Waals surface area (Å²) in [4.78, 5) is 30.0. The predicted octanol–water partition coefficient (Wildman–Crippen LogP) is 5.59. The molecule has 5 rings (SSSR count). The van der Waals surface area contributed by atoms with Gasteiger partial charge in [0.05, 0.1) is 29.7 Å². The third kappa shape index (κ3) is 6.87. The second-order valence-corrected chi connectivity index (χ2v) is 12.1. The molecule has 0 saturated carbocycles. The lowest BCUT2D eigenvalue weighted by atomic mass is 9.91. The number of rotatable bonds is 6. The first kappa shape index (κ1) is 28.6. The maximum absolute atomic E-state index is 15.3. The van der Waals surface area contributed by atoms with Crippen molar-refractivity contribution in [2.45, 2.75) is 59.2 Å². The average Bonchev–Trinajstić information content (AvgIpc) is 3.18. The molecule has 0 bridgehead atoms. The highest BCUT2D eigenvalue weighted by molar-refractivity contribution is 6.08. The Morgan fingerprint density at radius 2 is 1.90 bits per heavy atom. The number of carbonyl (C=O) groups is 2. The summed E-state index contributed by atoms with van der Waals surface area (Å²) in [5.41, 5.74) is 3.02. The SMILES string of the molecule is Cn1ncc2c1Nc1ccccc1N(C(=O)c1ccc(CNC(=O)OC3CCN(CCC(C)(C)C)CC3)cc1F)C2. The van der Waals surface area contributed by atoms with Gasteiger partial charge < -0.3 is 25.2 Å². The molecule has 10 heteroatoms. The number of piperidine rings is 1. The Balaban J connectivity index is 1.17. The molecule has 0 atom stereocenters. The van der Waals surface area contributed by atoms with E-state index in [0.29, 0.717) is 16.7 Å². The summed E-state index contributed by atoms with van der Waals surface area (Å²) < 4.78 is 22.6. The van der Waals surface area contributed by atoms with Gasteiger partial charge in [0, 0.05) is 32.2 Å². The number of nitrogens with one attached hydrogen (secondary N) is 2. The van der Waals surface area contributed by atoms with Gasteiger partial charge in [-0.05, 0) is 61.1 Å². The number of amides is 2. The van der Waals surface area contributed by atoms with Crippen LogP contribution in [0.15, 0.2) is 48.7 Å². The summed E-state index contributed by atoms with van der Waals surface area (Å²) in [7, 11) is 1.83. The highest BCUT2D eigenvalue weighted by Gasteiger charge is 2.28. The molecule has 9 nitrogen and oxygen atoms in total. The van der Waals surface area contributed by atoms with E-state index in [2.05, 4.69) is 41.4 Å². The molecule has 3 heterocycles. The van der Waals surface area contributed by atoms with Crippen molar-refractivity contribution < 1.29 is 18.7 Å². The van der Waals surface area contributed by atoms with E-state index in [0.717, 1.165) is 56.0 Å². The van der Waals surface area contributed by atoms with Gasteiger partial charge in [0.1, 0.15) is 17.7 Å². The predicted molar refractivity (Wildman–Crippen MR) is 157 cm³/mol. The number of nitrogens with zero attached hydrogens (tertiary/aromatic N) is 4. The molecule has 3 aromatic rings. The highest BCUT2D eigenvalue weighted by Crippen LogP contribution is 2.36. The van der Waals surface area contributed by atoms with Crippen LogP contribution in [0.4, 0.5) is 26.4 Å². The molecular formula is C31H39FN6O3. The van der Waals surface area contributed by atoms with Gasteiger partial charge in [-0.3, -0.25) is 9.48 Å². The van der Waals surface area contributed by atoms with E-state index in [4.69, 9.17) is 4.74 Å². The topological polar surface area (TPSA) is 91.7 Å². The van der Waals surface area contributed by atoms with E-state index in [-0.39, 0.29) is 24.8 Å². The summed E-state index contributed by atoms with van der Waals surface area (Å²) in [5.74, 6) is -0.319. The Bertz CT molecular complexity index is 1410. The number of anilines is 3. The molecule has 2 amide bonds. The molecule has 0 aliphatic carbocycles. The molecule has 0 radical (unpaired) electrons. The number of benzene rings is 2. The van der Waals surface area contributed by atoms with Gasteiger partial charge in [-0.2, -0.15) is 5.10 Å². The third-order valence-electron chi connectivity index (χ3n) is 7.72. The number of likely N-dealkylation sites (tertiary alicyclic amines) is 1. The van der Waals surface area contributed by atoms with Crippen LogP contribution in [0, 0.1) is 11.2 Å². The van der Waals surface area contributed by atoms with Gasteiger partial charge in [0.2, 0.25) is 0 Å². The Kier molecular flexibility index (Phi) is 8.30. The molecular weight excluding hydrogens is 523 g/mol. The fourth-order valence-electron chi connectivity index (χ4n) is 5.24. The monoisotopic (exact) mass is 562 g/mol. The summed E-state index contributed by atoms with van der Waals surface area (Å²) in [6.07, 6.45) is 3.81. The zero-order valence-electron chi connectivity index (χ0n) is 24.2. The normalized spacial score (nSPS) is 15.9. The zero-order chi connectivity index (χ0) is 29.1. The van der Waals surface area contributed by atoms with Crippen LogP contribution in [0.2, 0.25) is 0 Å². The van der Waals surface area contributed by atoms with E-state index in [1.807, 2.05) is 31.3 Å². The molecule has 1 saturated heterocycles. The molecule has 2 N–H and O–H groups in total. The van der Waals surface area contributed by atoms with Gasteiger partial charge in [-0.15, -0.1) is 0 Å². The fourth-order valence-corrected chi connectivity index (χ4v) is 5.24. The second kappa shape index (κ2) is 11.9. The minimum atomic E-state index is -0.647. The lowest BCUT2D eigenvalue weighted by Crippen LogP contribution is -2.40. The molecule has 2 aliphatic rings. The first-order chi connectivity index (χ1) is 19.6. The van der Waals surface area contributed by atoms with E-state index < -0.39 is 17.8 Å². The molecule has 2 aromatic carbocycles. The first-order valence-corrected chi connectivity index (χ1v) is 14.2. The van der Waals surface area contributed by atoms with Gasteiger partial charge in [0.25, 0.3) is 5.91 Å². The molecule has 0 unspecified atom stereocenters. The number of aromatic nitrogens is 2. The van der Waals surface area contributed by atoms with Crippen LogP contribution in [0.25, 0.3) is 0 Å². The van der Waals surface area contributed by atoms with Crippen LogP contribution in [-0.2, 0) is 24.9 Å². The second-order valence-electron chi connectivity index (χ2n) is 12.1. The number of alkyl carbamates (subject to hydrolysis) is 1. The lowest BCUT2D eigenvalue weighted by Gasteiger charge is -2.33. The van der Waals surface area contributed by atoms with Crippen LogP contribution < -0.4 is 15.5 Å². The Morgan fingerprint density at radius 3 is 2.63 bits per heavy atom. The zero-order valence-corrected chi connectivity index (χ0v) is 24.2. The Hall–Kier alpha value is -3.92. The molecule has 1 fully saturated rings. The van der Waals surface area contributed by atoms with Crippen LogP contribution in [-0.4, -0.2) is 52.4 Å². The standard InChI is InChI=1S/C31H39FN6O3/c1-31(2,3)13-16-37-14-11-23(12-15-37)41-30(40)33-18-21-9-10-24(25(32)17-21)29(39)38-20-22-19-34-36(4)28(22)35-26-7-5-6-8-27(26)38/h5-10,17,19,23,35H,11-16,18,20H2,1-4H3,(H,33,40). The molecule has 0 spiro atoms. The van der Waals surface area contributed by atoms with Gasteiger partial charge in [0.15, 0.2) is 0 Å². The molecule has 1 aromatic heterocycles. The first-order valence-electron chi connectivity index (χ1n) is 14.2. The molecule has 41 heavy (non-hydrogen) atoms. The quantitative estimate of drug-likeness (QED) is 0.407. The fraction of sp³-hybridized carbons (Fsp3) is 0.452. The van der Waals surface area contributed by atoms with Crippen LogP contribution >= 0.6 is 0 Å². The maximum Gasteiger partial charge on any atom is 0.407 e. The van der Waals surface area contributed by atoms with Crippen LogP contribution in [0.1, 0.15) is 61.5 Å². The number of para-hydroxylation sites is 2. The Labute approximate surface area is 240 Å². The number of aryl methyl sites for hydroxylation is 1. The van der Waals surface area contributed by atoms with E-state index >= 15 is 4.39 Å². The number of hydrogen-bond acceptors (Lipinski definition) is 6. The number of ether oxygens (including phenoxy) is 1. The summed E-state index contributed by atoms with van der Waals surface area (Å²) >= 11 is 0.